The summed E-state index contributed by atoms with van der Waals surface area (Å²) in [6.07, 6.45) is -5.17. The van der Waals surface area contributed by atoms with Crippen molar-refractivity contribution in [3.8, 4) is 0 Å². The van der Waals surface area contributed by atoms with Crippen molar-refractivity contribution in [2.24, 2.45) is 0 Å². The Bertz CT molecular complexity index is 590. The summed E-state index contributed by atoms with van der Waals surface area (Å²) in [5, 5.41) is 10.2. The van der Waals surface area contributed by atoms with Crippen molar-refractivity contribution in [2.45, 2.75) is 51.2 Å². The van der Waals surface area contributed by atoms with Crippen molar-refractivity contribution in [1.29, 1.82) is 0 Å². The van der Waals surface area contributed by atoms with E-state index in [1.807, 2.05) is 30.3 Å². The summed E-state index contributed by atoms with van der Waals surface area (Å²) in [6.45, 7) is 2.85. The van der Waals surface area contributed by atoms with E-state index in [9.17, 15) is 14.7 Å². The van der Waals surface area contributed by atoms with Gasteiger partial charge in [0.15, 0.2) is 18.5 Å². The molecular weight excluding hydrogens is 344 g/mol. The summed E-state index contributed by atoms with van der Waals surface area (Å²) in [5.74, 6) is -1.23. The number of carbonyl (C=O) groups is 2. The predicted octanol–water partition coefficient (Wildman–Crippen LogP) is 0.799. The highest BCUT2D eigenvalue weighted by atomic mass is 16.7. The van der Waals surface area contributed by atoms with E-state index in [-0.39, 0.29) is 6.61 Å². The maximum atomic E-state index is 11.4. The number of aliphatic hydroxyl groups is 1. The molecule has 1 aliphatic rings. The summed E-state index contributed by atoms with van der Waals surface area (Å²) in [7, 11) is 1.41. The molecule has 144 valence electrons. The third-order valence-electron chi connectivity index (χ3n) is 3.88. The second-order valence-corrected chi connectivity index (χ2v) is 5.91. The van der Waals surface area contributed by atoms with Crippen molar-refractivity contribution in [3.63, 3.8) is 0 Å². The van der Waals surface area contributed by atoms with Gasteiger partial charge in [0.05, 0.1) is 13.2 Å². The molecule has 8 nitrogen and oxygen atoms in total. The Morgan fingerprint density at radius 2 is 1.65 bits per heavy atom. The summed E-state index contributed by atoms with van der Waals surface area (Å²) >= 11 is 0. The number of carbonyl (C=O) groups excluding carboxylic acids is 2. The Labute approximate surface area is 151 Å². The van der Waals surface area contributed by atoms with Gasteiger partial charge in [-0.2, -0.15) is 0 Å². The van der Waals surface area contributed by atoms with Gasteiger partial charge in [0.2, 0.25) is 0 Å². The lowest BCUT2D eigenvalue weighted by Crippen LogP contribution is -2.61. The first-order valence-electron chi connectivity index (χ1n) is 8.24. The fraction of sp³-hybridized carbons (Fsp3) is 0.556. The first-order valence-corrected chi connectivity index (χ1v) is 8.24. The largest absolute Gasteiger partial charge is 0.455 e. The Balaban J connectivity index is 2.06. The van der Waals surface area contributed by atoms with E-state index in [1.165, 1.54) is 21.0 Å². The molecule has 1 aromatic carbocycles. The molecule has 1 aliphatic heterocycles. The van der Waals surface area contributed by atoms with Gasteiger partial charge >= 0.3 is 11.9 Å². The minimum atomic E-state index is -1.47. The van der Waals surface area contributed by atoms with Gasteiger partial charge in [0.25, 0.3) is 0 Å². The molecule has 26 heavy (non-hydrogen) atoms. The van der Waals surface area contributed by atoms with Crippen molar-refractivity contribution < 1.29 is 38.4 Å². The molecule has 0 aliphatic carbocycles. The van der Waals surface area contributed by atoms with Gasteiger partial charge in [-0.1, -0.05) is 30.3 Å². The second-order valence-electron chi connectivity index (χ2n) is 5.91. The molecule has 0 amide bonds. The number of esters is 2. The van der Waals surface area contributed by atoms with Crippen LogP contribution in [-0.4, -0.2) is 61.5 Å². The molecule has 1 fully saturated rings. The Kier molecular flexibility index (Phi) is 7.52. The minimum absolute atomic E-state index is 0.0923. The maximum Gasteiger partial charge on any atom is 0.303 e. The van der Waals surface area contributed by atoms with Crippen molar-refractivity contribution in [2.75, 3.05) is 13.7 Å². The van der Waals surface area contributed by atoms with E-state index in [0.29, 0.717) is 6.61 Å². The monoisotopic (exact) mass is 368 g/mol. The smallest absolute Gasteiger partial charge is 0.303 e. The van der Waals surface area contributed by atoms with E-state index in [4.69, 9.17) is 23.7 Å². The fourth-order valence-corrected chi connectivity index (χ4v) is 2.82. The summed E-state index contributed by atoms with van der Waals surface area (Å²) in [4.78, 5) is 22.7. The highest BCUT2D eigenvalue weighted by Gasteiger charge is 2.49. The molecule has 0 bridgehead atoms. The summed E-state index contributed by atoms with van der Waals surface area (Å²) in [6, 6.07) is 9.55. The molecule has 8 heteroatoms. The van der Waals surface area contributed by atoms with Crippen LogP contribution in [0, 0.1) is 0 Å². The lowest BCUT2D eigenvalue weighted by molar-refractivity contribution is -0.298. The van der Waals surface area contributed by atoms with Gasteiger partial charge in [-0.05, 0) is 5.56 Å². The predicted molar refractivity (Wildman–Crippen MR) is 88.9 cm³/mol. The fourth-order valence-electron chi connectivity index (χ4n) is 2.82. The average molecular weight is 368 g/mol. The van der Waals surface area contributed by atoms with Crippen molar-refractivity contribution in [3.05, 3.63) is 35.9 Å². The second kappa shape index (κ2) is 9.63. The highest BCUT2D eigenvalue weighted by Crippen LogP contribution is 2.27. The van der Waals surface area contributed by atoms with Crippen molar-refractivity contribution >= 4 is 11.9 Å². The Morgan fingerprint density at radius 3 is 2.23 bits per heavy atom. The Hall–Kier alpha value is -2.00. The van der Waals surface area contributed by atoms with E-state index < -0.39 is 42.6 Å². The lowest BCUT2D eigenvalue weighted by Gasteiger charge is -2.42. The standard InChI is InChI=1S/C18H24O8/c1-11(19)24-16-15(22-3)14(26-18(21)17(16)25-12(2)20)10-23-9-13-7-5-4-6-8-13/h4-8,14-18,21H,9-10H2,1-3H3/t14?,15-,16+,17?,18+/m1/s1. The number of ether oxygens (including phenoxy) is 5. The first-order chi connectivity index (χ1) is 12.4. The zero-order valence-electron chi connectivity index (χ0n) is 15.0. The normalized spacial score (nSPS) is 28.4. The zero-order chi connectivity index (χ0) is 19.1. The van der Waals surface area contributed by atoms with Gasteiger partial charge in [-0.25, -0.2) is 0 Å². The summed E-state index contributed by atoms with van der Waals surface area (Å²) < 4.78 is 26.8. The molecule has 0 saturated carbocycles. The molecule has 1 heterocycles. The molecule has 1 N–H and O–H groups in total. The SMILES string of the molecule is CO[C@@H]1C(COCc2ccccc2)O[C@H](O)C(OC(C)=O)[C@H]1OC(C)=O. The number of aliphatic hydroxyl groups excluding tert-OH is 1. The molecular formula is C18H24O8. The van der Waals surface area contributed by atoms with Crippen LogP contribution in [0.3, 0.4) is 0 Å². The number of hydrogen-bond donors (Lipinski definition) is 1. The molecule has 0 radical (unpaired) electrons. The van der Waals surface area contributed by atoms with E-state index in [1.54, 1.807) is 0 Å². The van der Waals surface area contributed by atoms with E-state index in [0.717, 1.165) is 5.56 Å². The van der Waals surface area contributed by atoms with E-state index in [2.05, 4.69) is 0 Å². The maximum absolute atomic E-state index is 11.4. The third-order valence-corrected chi connectivity index (χ3v) is 3.88. The average Bonchev–Trinajstić information content (AvgIpc) is 2.58. The van der Waals surface area contributed by atoms with Crippen LogP contribution in [0.5, 0.6) is 0 Å². The minimum Gasteiger partial charge on any atom is -0.455 e. The number of rotatable bonds is 7. The molecule has 5 atom stereocenters. The van der Waals surface area contributed by atoms with Gasteiger partial charge < -0.3 is 28.8 Å². The molecule has 1 saturated heterocycles. The molecule has 2 rings (SSSR count). The molecule has 1 aromatic rings. The summed E-state index contributed by atoms with van der Waals surface area (Å²) in [5.41, 5.74) is 0.979. The number of hydrogen-bond acceptors (Lipinski definition) is 8. The van der Waals surface area contributed by atoms with Gasteiger partial charge in [0.1, 0.15) is 12.2 Å². The first kappa shape index (κ1) is 20.3. The van der Waals surface area contributed by atoms with Crippen LogP contribution in [0.15, 0.2) is 30.3 Å². The zero-order valence-corrected chi connectivity index (χ0v) is 15.0. The van der Waals surface area contributed by atoms with Gasteiger partial charge in [0, 0.05) is 21.0 Å². The quantitative estimate of drug-likeness (QED) is 0.706. The lowest BCUT2D eigenvalue weighted by atomic mass is 9.98. The van der Waals surface area contributed by atoms with E-state index >= 15 is 0 Å². The van der Waals surface area contributed by atoms with Gasteiger partial charge in [-0.15, -0.1) is 0 Å². The van der Waals surface area contributed by atoms with Crippen LogP contribution < -0.4 is 0 Å². The topological polar surface area (TPSA) is 101 Å². The van der Waals surface area contributed by atoms with Crippen molar-refractivity contribution in [1.82, 2.24) is 0 Å². The number of methoxy groups -OCH3 is 1. The van der Waals surface area contributed by atoms with Crippen LogP contribution in [0.1, 0.15) is 19.4 Å². The van der Waals surface area contributed by atoms with Crippen LogP contribution in [0.25, 0.3) is 0 Å². The molecule has 0 spiro atoms. The number of benzene rings is 1. The van der Waals surface area contributed by atoms with Gasteiger partial charge in [-0.3, -0.25) is 9.59 Å². The van der Waals surface area contributed by atoms with Crippen LogP contribution in [-0.2, 0) is 39.9 Å². The molecule has 0 aromatic heterocycles. The van der Waals surface area contributed by atoms with Crippen LogP contribution >= 0.6 is 0 Å². The highest BCUT2D eigenvalue weighted by molar-refractivity contribution is 5.67. The van der Waals surface area contributed by atoms with Crippen LogP contribution in [0.4, 0.5) is 0 Å². The Morgan fingerprint density at radius 1 is 1.04 bits per heavy atom. The van der Waals surface area contributed by atoms with Crippen LogP contribution in [0.2, 0.25) is 0 Å². The molecule has 2 unspecified atom stereocenters. The third kappa shape index (κ3) is 5.50.